The zero-order valence-corrected chi connectivity index (χ0v) is 25.6. The van der Waals surface area contributed by atoms with Crippen LogP contribution < -0.4 is 9.62 Å². The van der Waals surface area contributed by atoms with Crippen molar-refractivity contribution in [1.29, 1.82) is 0 Å². The molecule has 0 spiro atoms. The fourth-order valence-corrected chi connectivity index (χ4v) is 6.11. The van der Waals surface area contributed by atoms with Gasteiger partial charge in [0, 0.05) is 18.1 Å². The van der Waals surface area contributed by atoms with Gasteiger partial charge >= 0.3 is 0 Å². The van der Waals surface area contributed by atoms with Crippen molar-refractivity contribution in [3.8, 4) is 0 Å². The summed E-state index contributed by atoms with van der Waals surface area (Å²) in [5, 5.41) is 3.51. The summed E-state index contributed by atoms with van der Waals surface area (Å²) in [5.74, 6) is -0.902. The van der Waals surface area contributed by atoms with E-state index >= 15 is 0 Å². The predicted molar refractivity (Wildman–Crippen MR) is 162 cm³/mol. The largest absolute Gasteiger partial charge is 0.354 e. The third kappa shape index (κ3) is 7.69. The van der Waals surface area contributed by atoms with Crippen LogP contribution in [0.3, 0.4) is 0 Å². The smallest absolute Gasteiger partial charge is 0.264 e. The van der Waals surface area contributed by atoms with Crippen molar-refractivity contribution in [3.05, 3.63) is 92.9 Å². The van der Waals surface area contributed by atoms with Crippen LogP contribution in [0.1, 0.15) is 37.8 Å². The molecule has 40 heavy (non-hydrogen) atoms. The summed E-state index contributed by atoms with van der Waals surface area (Å²) in [6.45, 7) is 5.48. The zero-order chi connectivity index (χ0) is 29.4. The Bertz CT molecular complexity index is 1430. The number of sulfonamides is 1. The Kier molecular flexibility index (Phi) is 11.3. The average Bonchev–Trinajstić information content (AvgIpc) is 2.93. The maximum Gasteiger partial charge on any atom is 0.264 e. The summed E-state index contributed by atoms with van der Waals surface area (Å²) in [6.07, 6.45) is 1.04. The van der Waals surface area contributed by atoms with Crippen LogP contribution >= 0.6 is 34.8 Å². The highest BCUT2D eigenvalue weighted by molar-refractivity contribution is 7.92. The van der Waals surface area contributed by atoms with Crippen molar-refractivity contribution < 1.29 is 18.0 Å². The number of hydrogen-bond donors (Lipinski definition) is 1. The van der Waals surface area contributed by atoms with Gasteiger partial charge < -0.3 is 10.2 Å². The van der Waals surface area contributed by atoms with Gasteiger partial charge in [-0.2, -0.15) is 0 Å². The minimum Gasteiger partial charge on any atom is -0.354 e. The van der Waals surface area contributed by atoms with E-state index in [1.807, 2.05) is 13.8 Å². The van der Waals surface area contributed by atoms with E-state index in [-0.39, 0.29) is 33.1 Å². The topological polar surface area (TPSA) is 86.8 Å². The Balaban J connectivity index is 2.09. The molecular weight excluding hydrogens is 593 g/mol. The fraction of sp³-hybridized carbons (Fsp3) is 0.310. The normalized spacial score (nSPS) is 12.1. The number of nitrogens with zero attached hydrogens (tertiary/aromatic N) is 2. The van der Waals surface area contributed by atoms with Gasteiger partial charge in [-0.3, -0.25) is 13.9 Å². The van der Waals surface area contributed by atoms with Gasteiger partial charge in [-0.25, -0.2) is 8.42 Å². The van der Waals surface area contributed by atoms with Crippen molar-refractivity contribution in [2.75, 3.05) is 17.4 Å². The first-order valence-electron chi connectivity index (χ1n) is 12.8. The average molecular weight is 625 g/mol. The molecule has 0 radical (unpaired) electrons. The van der Waals surface area contributed by atoms with Crippen molar-refractivity contribution in [1.82, 2.24) is 10.2 Å². The summed E-state index contributed by atoms with van der Waals surface area (Å²) >= 11 is 18.8. The van der Waals surface area contributed by atoms with E-state index in [1.54, 1.807) is 49.4 Å². The molecule has 0 aliphatic rings. The van der Waals surface area contributed by atoms with Crippen molar-refractivity contribution in [2.24, 2.45) is 0 Å². The first-order chi connectivity index (χ1) is 19.0. The minimum atomic E-state index is -4.26. The lowest BCUT2D eigenvalue weighted by molar-refractivity contribution is -0.140. The predicted octanol–water partition coefficient (Wildman–Crippen LogP) is 6.48. The van der Waals surface area contributed by atoms with Crippen LogP contribution in [0.2, 0.25) is 15.1 Å². The van der Waals surface area contributed by atoms with Crippen molar-refractivity contribution >= 4 is 62.3 Å². The van der Waals surface area contributed by atoms with Crippen molar-refractivity contribution in [2.45, 2.75) is 51.1 Å². The number of carbonyl (C=O) groups is 2. The Morgan fingerprint density at radius 1 is 0.925 bits per heavy atom. The molecule has 0 bridgehead atoms. The Morgan fingerprint density at radius 3 is 2.17 bits per heavy atom. The molecule has 0 aromatic heterocycles. The van der Waals surface area contributed by atoms with Crippen LogP contribution in [0.5, 0.6) is 0 Å². The van der Waals surface area contributed by atoms with Gasteiger partial charge in [0.15, 0.2) is 0 Å². The summed E-state index contributed by atoms with van der Waals surface area (Å²) < 4.78 is 28.8. The van der Waals surface area contributed by atoms with Gasteiger partial charge in [-0.1, -0.05) is 84.5 Å². The molecule has 1 N–H and O–H groups in total. The number of amides is 2. The molecule has 2 amide bonds. The summed E-state index contributed by atoms with van der Waals surface area (Å²) in [6, 6.07) is 16.9. The van der Waals surface area contributed by atoms with Crippen molar-refractivity contribution in [3.63, 3.8) is 0 Å². The number of hydrogen-bond acceptors (Lipinski definition) is 4. The molecule has 7 nitrogen and oxygen atoms in total. The number of aryl methyl sites for hydroxylation is 1. The number of rotatable bonds is 12. The van der Waals surface area contributed by atoms with Gasteiger partial charge in [-0.15, -0.1) is 0 Å². The second kappa shape index (κ2) is 14.2. The molecule has 0 aliphatic carbocycles. The van der Waals surface area contributed by atoms with E-state index < -0.39 is 28.5 Å². The molecule has 3 aromatic rings. The van der Waals surface area contributed by atoms with Gasteiger partial charge in [0.25, 0.3) is 10.0 Å². The Hall–Kier alpha value is -2.78. The lowest BCUT2D eigenvalue weighted by atomic mass is 10.1. The van der Waals surface area contributed by atoms with Crippen LogP contribution in [0.25, 0.3) is 0 Å². The third-order valence-electron chi connectivity index (χ3n) is 6.29. The molecule has 1 unspecified atom stereocenters. The highest BCUT2D eigenvalue weighted by atomic mass is 35.5. The third-order valence-corrected chi connectivity index (χ3v) is 9.12. The maximum absolute atomic E-state index is 14.0. The molecule has 3 aromatic carbocycles. The number of anilines is 1. The van der Waals surface area contributed by atoms with E-state index in [2.05, 4.69) is 5.32 Å². The molecule has 0 heterocycles. The van der Waals surface area contributed by atoms with Gasteiger partial charge in [0.05, 0.1) is 20.6 Å². The lowest BCUT2D eigenvalue weighted by Gasteiger charge is -2.33. The molecule has 0 fully saturated rings. The molecule has 214 valence electrons. The quantitative estimate of drug-likeness (QED) is 0.250. The van der Waals surface area contributed by atoms with E-state index in [1.165, 1.54) is 29.2 Å². The van der Waals surface area contributed by atoms with Gasteiger partial charge in [0.1, 0.15) is 12.6 Å². The number of benzene rings is 3. The maximum atomic E-state index is 14.0. The van der Waals surface area contributed by atoms with Crippen LogP contribution in [0.15, 0.2) is 71.6 Å². The molecule has 3 rings (SSSR count). The van der Waals surface area contributed by atoms with Crippen LogP contribution in [-0.2, 0) is 26.2 Å². The zero-order valence-electron chi connectivity index (χ0n) is 22.5. The van der Waals surface area contributed by atoms with Gasteiger partial charge in [-0.05, 0) is 61.7 Å². The molecule has 0 saturated heterocycles. The molecule has 0 aliphatic heterocycles. The number of halogens is 3. The summed E-state index contributed by atoms with van der Waals surface area (Å²) in [7, 11) is -4.26. The van der Waals surface area contributed by atoms with Crippen LogP contribution in [0.4, 0.5) is 5.69 Å². The Labute approximate surface area is 251 Å². The number of carbonyl (C=O) groups excluding carboxylic acids is 2. The van der Waals surface area contributed by atoms with Crippen LogP contribution in [-0.4, -0.2) is 44.3 Å². The van der Waals surface area contributed by atoms with Crippen LogP contribution in [0, 0.1) is 6.92 Å². The SMILES string of the molecule is CCCNC(=O)C(CC)N(Cc1ccc(Cl)cc1)C(=O)CN(c1cccc(Cl)c1Cl)S(=O)(=O)c1ccc(C)cc1. The first-order valence-corrected chi connectivity index (χ1v) is 15.4. The summed E-state index contributed by atoms with van der Waals surface area (Å²) in [4.78, 5) is 28.6. The fourth-order valence-electron chi connectivity index (χ4n) is 4.11. The Morgan fingerprint density at radius 2 is 1.57 bits per heavy atom. The monoisotopic (exact) mass is 623 g/mol. The lowest BCUT2D eigenvalue weighted by Crippen LogP contribution is -2.52. The highest BCUT2D eigenvalue weighted by Crippen LogP contribution is 2.35. The van der Waals surface area contributed by atoms with E-state index in [4.69, 9.17) is 34.8 Å². The molecular formula is C29H32Cl3N3O4S. The van der Waals surface area contributed by atoms with E-state index in [9.17, 15) is 18.0 Å². The molecule has 0 saturated carbocycles. The van der Waals surface area contributed by atoms with E-state index in [0.29, 0.717) is 18.0 Å². The molecule has 1 atom stereocenters. The molecule has 11 heteroatoms. The standard InChI is InChI=1S/C29H32Cl3N3O4S/c1-4-17-33-29(37)25(5-2)34(18-21-11-13-22(30)14-12-21)27(36)19-35(26-8-6-7-24(31)28(26)32)40(38,39)23-15-9-20(3)10-16-23/h6-16,25H,4-5,17-19H2,1-3H3,(H,33,37). The minimum absolute atomic E-state index is 0.00960. The number of nitrogens with one attached hydrogen (secondary N) is 1. The second-order valence-corrected chi connectivity index (χ2v) is 12.3. The second-order valence-electron chi connectivity index (χ2n) is 9.26. The summed E-state index contributed by atoms with van der Waals surface area (Å²) in [5.41, 5.74) is 1.66. The van der Waals surface area contributed by atoms with Gasteiger partial charge in [0.2, 0.25) is 11.8 Å². The first kappa shape index (κ1) is 31.7. The highest BCUT2D eigenvalue weighted by Gasteiger charge is 2.34. The van der Waals surface area contributed by atoms with E-state index in [0.717, 1.165) is 21.9 Å².